The standard InChI is InChI=1S/C15H15N3O5/c19-13(16-8-10-3-1-5-22-10)7-12-14(20)18(15(21)17-12)9-11-4-2-6-23-11/h1-6,12H,7-9H2,(H,16,19)(H,17,21)/t12-/m1/s1. The molecule has 3 rings (SSSR count). The summed E-state index contributed by atoms with van der Waals surface area (Å²) in [4.78, 5) is 37.0. The van der Waals surface area contributed by atoms with Gasteiger partial charge in [-0.1, -0.05) is 0 Å². The number of carbonyl (C=O) groups is 3. The first kappa shape index (κ1) is 14.9. The first-order valence-electron chi connectivity index (χ1n) is 7.07. The predicted molar refractivity (Wildman–Crippen MR) is 76.7 cm³/mol. The Bertz CT molecular complexity index is 693. The van der Waals surface area contributed by atoms with E-state index in [4.69, 9.17) is 8.83 Å². The average Bonchev–Trinajstić information content (AvgIpc) is 3.25. The molecule has 2 aromatic rings. The zero-order valence-electron chi connectivity index (χ0n) is 12.2. The lowest BCUT2D eigenvalue weighted by atomic mass is 10.2. The molecule has 1 atom stereocenters. The van der Waals surface area contributed by atoms with Crippen LogP contribution in [0, 0.1) is 0 Å². The van der Waals surface area contributed by atoms with Gasteiger partial charge in [0.25, 0.3) is 5.91 Å². The molecule has 8 nitrogen and oxygen atoms in total. The van der Waals surface area contributed by atoms with E-state index in [9.17, 15) is 14.4 Å². The van der Waals surface area contributed by atoms with E-state index in [1.54, 1.807) is 24.3 Å². The molecule has 2 aromatic heterocycles. The summed E-state index contributed by atoms with van der Waals surface area (Å²) < 4.78 is 10.2. The maximum atomic E-state index is 12.2. The molecule has 3 heterocycles. The molecule has 23 heavy (non-hydrogen) atoms. The fourth-order valence-corrected chi connectivity index (χ4v) is 2.28. The molecule has 0 unspecified atom stereocenters. The van der Waals surface area contributed by atoms with Crippen LogP contribution >= 0.6 is 0 Å². The molecule has 1 saturated heterocycles. The molecule has 8 heteroatoms. The van der Waals surface area contributed by atoms with E-state index in [1.165, 1.54) is 12.5 Å². The van der Waals surface area contributed by atoms with Gasteiger partial charge in [-0.05, 0) is 24.3 Å². The van der Waals surface area contributed by atoms with E-state index in [2.05, 4.69) is 10.6 Å². The molecule has 1 fully saturated rings. The minimum Gasteiger partial charge on any atom is -0.467 e. The third-order valence-electron chi connectivity index (χ3n) is 3.43. The minimum atomic E-state index is -0.867. The van der Waals surface area contributed by atoms with Gasteiger partial charge in [-0.25, -0.2) is 4.79 Å². The van der Waals surface area contributed by atoms with E-state index >= 15 is 0 Å². The fraction of sp³-hybridized carbons (Fsp3) is 0.267. The summed E-state index contributed by atoms with van der Waals surface area (Å²) in [5.41, 5.74) is 0. The second kappa shape index (κ2) is 6.39. The van der Waals surface area contributed by atoms with E-state index in [-0.39, 0.29) is 25.4 Å². The van der Waals surface area contributed by atoms with Gasteiger partial charge in [-0.2, -0.15) is 0 Å². The highest BCUT2D eigenvalue weighted by Crippen LogP contribution is 2.14. The Labute approximate surface area is 131 Å². The van der Waals surface area contributed by atoms with Crippen molar-refractivity contribution in [3.05, 3.63) is 48.3 Å². The maximum absolute atomic E-state index is 12.2. The Kier molecular flexibility index (Phi) is 4.13. The largest absolute Gasteiger partial charge is 0.467 e. The van der Waals surface area contributed by atoms with Gasteiger partial charge in [0.1, 0.15) is 17.6 Å². The molecule has 0 aliphatic carbocycles. The topological polar surface area (TPSA) is 105 Å². The van der Waals surface area contributed by atoms with Crippen LogP contribution in [0.1, 0.15) is 17.9 Å². The van der Waals surface area contributed by atoms with Crippen molar-refractivity contribution in [1.29, 1.82) is 0 Å². The molecular formula is C15H15N3O5. The van der Waals surface area contributed by atoms with Gasteiger partial charge in [0.2, 0.25) is 5.91 Å². The summed E-state index contributed by atoms with van der Waals surface area (Å²) in [5.74, 6) is 0.315. The molecule has 0 spiro atoms. The SMILES string of the molecule is O=C(C[C@H]1NC(=O)N(Cc2ccco2)C1=O)NCc1ccco1. The number of rotatable bonds is 6. The van der Waals surface area contributed by atoms with Crippen molar-refractivity contribution in [2.75, 3.05) is 0 Å². The second-order valence-corrected chi connectivity index (χ2v) is 5.07. The van der Waals surface area contributed by atoms with Crippen molar-refractivity contribution < 1.29 is 23.2 Å². The van der Waals surface area contributed by atoms with Crippen molar-refractivity contribution >= 4 is 17.8 Å². The summed E-state index contributed by atoms with van der Waals surface area (Å²) in [5, 5.41) is 5.14. The summed E-state index contributed by atoms with van der Waals surface area (Å²) in [6.07, 6.45) is 2.85. The van der Waals surface area contributed by atoms with Crippen LogP contribution in [0.15, 0.2) is 45.6 Å². The van der Waals surface area contributed by atoms with Gasteiger partial charge >= 0.3 is 6.03 Å². The van der Waals surface area contributed by atoms with E-state index < -0.39 is 18.0 Å². The van der Waals surface area contributed by atoms with Crippen LogP contribution in [0.4, 0.5) is 4.79 Å². The quantitative estimate of drug-likeness (QED) is 0.773. The number of nitrogens with one attached hydrogen (secondary N) is 2. The predicted octanol–water partition coefficient (Wildman–Crippen LogP) is 0.999. The van der Waals surface area contributed by atoms with Crippen LogP contribution in [0.25, 0.3) is 0 Å². The van der Waals surface area contributed by atoms with Crippen LogP contribution in [0.3, 0.4) is 0 Å². The number of amides is 4. The molecule has 0 aromatic carbocycles. The molecule has 2 N–H and O–H groups in total. The van der Waals surface area contributed by atoms with Crippen LogP contribution < -0.4 is 10.6 Å². The monoisotopic (exact) mass is 317 g/mol. The van der Waals surface area contributed by atoms with Crippen LogP contribution in [-0.2, 0) is 22.7 Å². The molecule has 4 amide bonds. The lowest BCUT2D eigenvalue weighted by molar-refractivity contribution is -0.131. The molecule has 0 saturated carbocycles. The molecule has 120 valence electrons. The van der Waals surface area contributed by atoms with Crippen LogP contribution in [-0.4, -0.2) is 28.8 Å². The Morgan fingerprint density at radius 1 is 1.17 bits per heavy atom. The van der Waals surface area contributed by atoms with Gasteiger partial charge in [-0.3, -0.25) is 14.5 Å². The number of hydrogen-bond acceptors (Lipinski definition) is 5. The third kappa shape index (κ3) is 3.42. The van der Waals surface area contributed by atoms with Gasteiger partial charge in [0.15, 0.2) is 0 Å². The first-order valence-corrected chi connectivity index (χ1v) is 7.07. The summed E-state index contributed by atoms with van der Waals surface area (Å²) in [6, 6.07) is 5.39. The zero-order valence-corrected chi connectivity index (χ0v) is 12.2. The van der Waals surface area contributed by atoms with Gasteiger partial charge in [0, 0.05) is 0 Å². The second-order valence-electron chi connectivity index (χ2n) is 5.07. The van der Waals surface area contributed by atoms with Gasteiger partial charge in [0.05, 0.1) is 32.0 Å². The number of urea groups is 1. The lowest BCUT2D eigenvalue weighted by Gasteiger charge is -2.11. The van der Waals surface area contributed by atoms with E-state index in [1.807, 2.05) is 0 Å². The third-order valence-corrected chi connectivity index (χ3v) is 3.43. The average molecular weight is 317 g/mol. The Balaban J connectivity index is 1.53. The van der Waals surface area contributed by atoms with Crippen LogP contribution in [0.5, 0.6) is 0 Å². The summed E-state index contributed by atoms with van der Waals surface area (Å²) >= 11 is 0. The smallest absolute Gasteiger partial charge is 0.325 e. The van der Waals surface area contributed by atoms with Crippen molar-refractivity contribution in [3.63, 3.8) is 0 Å². The highest BCUT2D eigenvalue weighted by Gasteiger charge is 2.39. The molecular weight excluding hydrogens is 302 g/mol. The number of carbonyl (C=O) groups excluding carboxylic acids is 3. The first-order chi connectivity index (χ1) is 11.1. The maximum Gasteiger partial charge on any atom is 0.325 e. The van der Waals surface area contributed by atoms with E-state index in [0.29, 0.717) is 11.5 Å². The molecule has 1 aliphatic heterocycles. The number of furan rings is 2. The molecule has 1 aliphatic rings. The molecule has 0 radical (unpaired) electrons. The lowest BCUT2D eigenvalue weighted by Crippen LogP contribution is -2.36. The number of hydrogen-bond donors (Lipinski definition) is 2. The Hall–Kier alpha value is -3.03. The minimum absolute atomic E-state index is 0.0438. The summed E-state index contributed by atoms with van der Waals surface area (Å²) in [6.45, 7) is 0.277. The van der Waals surface area contributed by atoms with Crippen molar-refractivity contribution in [2.24, 2.45) is 0 Å². The number of imide groups is 1. The number of nitrogens with zero attached hydrogens (tertiary/aromatic N) is 1. The molecule has 0 bridgehead atoms. The normalized spacial score (nSPS) is 17.4. The fourth-order valence-electron chi connectivity index (χ4n) is 2.28. The van der Waals surface area contributed by atoms with Gasteiger partial charge in [-0.15, -0.1) is 0 Å². The van der Waals surface area contributed by atoms with E-state index in [0.717, 1.165) is 4.90 Å². The van der Waals surface area contributed by atoms with Crippen molar-refractivity contribution in [3.8, 4) is 0 Å². The van der Waals surface area contributed by atoms with Crippen molar-refractivity contribution in [2.45, 2.75) is 25.6 Å². The zero-order chi connectivity index (χ0) is 16.2. The summed E-state index contributed by atoms with van der Waals surface area (Å²) in [7, 11) is 0. The Morgan fingerprint density at radius 2 is 1.87 bits per heavy atom. The highest BCUT2D eigenvalue weighted by atomic mass is 16.3. The highest BCUT2D eigenvalue weighted by molar-refractivity contribution is 6.05. The van der Waals surface area contributed by atoms with Crippen LogP contribution in [0.2, 0.25) is 0 Å². The van der Waals surface area contributed by atoms with Gasteiger partial charge < -0.3 is 19.5 Å². The Morgan fingerprint density at radius 3 is 2.52 bits per heavy atom. The van der Waals surface area contributed by atoms with Crippen molar-refractivity contribution in [1.82, 2.24) is 15.5 Å².